The lowest BCUT2D eigenvalue weighted by atomic mass is 9.79. The fraction of sp³-hybridized carbons (Fsp3) is 0.474. The third-order valence-electron chi connectivity index (χ3n) is 4.76. The number of halogens is 1. The number of ether oxygens (including phenoxy) is 2. The Balaban J connectivity index is 1.52. The second-order valence-corrected chi connectivity index (χ2v) is 6.51. The van der Waals surface area contributed by atoms with Gasteiger partial charge in [-0.3, -0.25) is 4.79 Å². The van der Waals surface area contributed by atoms with Gasteiger partial charge >= 0.3 is 0 Å². The summed E-state index contributed by atoms with van der Waals surface area (Å²) in [6.07, 6.45) is 5.86. The number of nitriles is 1. The van der Waals surface area contributed by atoms with Crippen molar-refractivity contribution in [1.82, 2.24) is 5.32 Å². The molecule has 1 aliphatic carbocycles. The Bertz CT molecular complexity index is 678. The standard InChI is InChI=1S/C19H21FN2O3/c20-16-6-4-15(5-7-16)2-1-3-17(23)22-18(14-21)8-10-19(11-9-18)24-12-13-25-19/h1-2,4-7H,3,8-13H2,(H,22,23). The topological polar surface area (TPSA) is 71.4 Å². The van der Waals surface area contributed by atoms with E-state index in [1.165, 1.54) is 12.1 Å². The zero-order valence-electron chi connectivity index (χ0n) is 14.0. The number of amides is 1. The minimum absolute atomic E-state index is 0.166. The summed E-state index contributed by atoms with van der Waals surface area (Å²) in [6.45, 7) is 1.17. The molecule has 1 amide bonds. The molecule has 2 aliphatic rings. The third-order valence-corrected chi connectivity index (χ3v) is 4.76. The van der Waals surface area contributed by atoms with Gasteiger partial charge in [0.05, 0.1) is 19.3 Å². The first-order valence-electron chi connectivity index (χ1n) is 8.47. The molecule has 0 radical (unpaired) electrons. The van der Waals surface area contributed by atoms with Gasteiger partial charge in [0.2, 0.25) is 5.91 Å². The summed E-state index contributed by atoms with van der Waals surface area (Å²) in [5, 5.41) is 12.4. The fourth-order valence-corrected chi connectivity index (χ4v) is 3.30. The van der Waals surface area contributed by atoms with Gasteiger partial charge in [0, 0.05) is 19.3 Å². The molecule has 1 heterocycles. The Morgan fingerprint density at radius 1 is 1.20 bits per heavy atom. The molecular weight excluding hydrogens is 323 g/mol. The van der Waals surface area contributed by atoms with Crippen LogP contribution in [-0.2, 0) is 14.3 Å². The third kappa shape index (κ3) is 4.25. The van der Waals surface area contributed by atoms with E-state index in [0.29, 0.717) is 38.9 Å². The van der Waals surface area contributed by atoms with Crippen molar-refractivity contribution in [1.29, 1.82) is 5.26 Å². The van der Waals surface area contributed by atoms with Crippen molar-refractivity contribution < 1.29 is 18.7 Å². The van der Waals surface area contributed by atoms with E-state index in [2.05, 4.69) is 11.4 Å². The van der Waals surface area contributed by atoms with Crippen LogP contribution in [-0.4, -0.2) is 30.4 Å². The molecule has 25 heavy (non-hydrogen) atoms. The van der Waals surface area contributed by atoms with E-state index < -0.39 is 11.3 Å². The number of hydrogen-bond acceptors (Lipinski definition) is 4. The van der Waals surface area contributed by atoms with Crippen molar-refractivity contribution in [2.45, 2.75) is 43.4 Å². The van der Waals surface area contributed by atoms with Gasteiger partial charge in [-0.1, -0.05) is 24.3 Å². The zero-order valence-corrected chi connectivity index (χ0v) is 14.0. The van der Waals surface area contributed by atoms with Crippen LogP contribution in [0, 0.1) is 17.1 Å². The van der Waals surface area contributed by atoms with E-state index in [1.807, 2.05) is 0 Å². The summed E-state index contributed by atoms with van der Waals surface area (Å²) in [7, 11) is 0. The largest absolute Gasteiger partial charge is 0.348 e. The smallest absolute Gasteiger partial charge is 0.225 e. The van der Waals surface area contributed by atoms with E-state index in [-0.39, 0.29) is 18.1 Å². The minimum atomic E-state index is -0.860. The van der Waals surface area contributed by atoms with Crippen molar-refractivity contribution in [3.63, 3.8) is 0 Å². The van der Waals surface area contributed by atoms with Gasteiger partial charge in [0.15, 0.2) is 5.79 Å². The molecule has 5 nitrogen and oxygen atoms in total. The molecule has 2 fully saturated rings. The van der Waals surface area contributed by atoms with E-state index in [1.54, 1.807) is 24.3 Å². The van der Waals surface area contributed by atoms with Gasteiger partial charge < -0.3 is 14.8 Å². The monoisotopic (exact) mass is 344 g/mol. The average molecular weight is 344 g/mol. The summed E-state index contributed by atoms with van der Waals surface area (Å²) in [5.74, 6) is -1.06. The van der Waals surface area contributed by atoms with Crippen molar-refractivity contribution in [3.8, 4) is 6.07 Å². The van der Waals surface area contributed by atoms with Crippen LogP contribution in [0.3, 0.4) is 0 Å². The lowest BCUT2D eigenvalue weighted by Gasteiger charge is -2.40. The predicted octanol–water partition coefficient (Wildman–Crippen LogP) is 2.92. The van der Waals surface area contributed by atoms with E-state index in [0.717, 1.165) is 5.56 Å². The minimum Gasteiger partial charge on any atom is -0.348 e. The quantitative estimate of drug-likeness (QED) is 0.912. The van der Waals surface area contributed by atoms with E-state index in [4.69, 9.17) is 9.47 Å². The van der Waals surface area contributed by atoms with Gasteiger partial charge in [0.1, 0.15) is 11.4 Å². The Morgan fingerprint density at radius 2 is 1.84 bits per heavy atom. The van der Waals surface area contributed by atoms with E-state index >= 15 is 0 Å². The van der Waals surface area contributed by atoms with Crippen molar-refractivity contribution in [2.75, 3.05) is 13.2 Å². The molecule has 0 atom stereocenters. The van der Waals surface area contributed by atoms with Gasteiger partial charge in [-0.05, 0) is 30.5 Å². The lowest BCUT2D eigenvalue weighted by molar-refractivity contribution is -0.183. The highest BCUT2D eigenvalue weighted by Crippen LogP contribution is 2.40. The van der Waals surface area contributed by atoms with Crippen LogP contribution in [0.2, 0.25) is 0 Å². The fourth-order valence-electron chi connectivity index (χ4n) is 3.30. The Morgan fingerprint density at radius 3 is 2.44 bits per heavy atom. The maximum Gasteiger partial charge on any atom is 0.225 e. The van der Waals surface area contributed by atoms with Crippen LogP contribution in [0.4, 0.5) is 4.39 Å². The number of nitrogens with one attached hydrogen (secondary N) is 1. The first kappa shape index (κ1) is 17.6. The Kier molecular flexibility index (Phi) is 5.16. The van der Waals surface area contributed by atoms with Crippen LogP contribution >= 0.6 is 0 Å². The van der Waals surface area contributed by atoms with Gasteiger partial charge in [-0.2, -0.15) is 5.26 Å². The molecule has 6 heteroatoms. The summed E-state index contributed by atoms with van der Waals surface area (Å²) in [4.78, 5) is 12.2. The molecule has 0 unspecified atom stereocenters. The van der Waals surface area contributed by atoms with Crippen molar-refractivity contribution in [2.24, 2.45) is 0 Å². The SMILES string of the molecule is N#CC1(NC(=O)CC=Cc2ccc(F)cc2)CCC2(CC1)OCCO2. The van der Waals surface area contributed by atoms with Crippen LogP contribution in [0.5, 0.6) is 0 Å². The Labute approximate surface area is 146 Å². The molecule has 1 aromatic rings. The molecule has 1 saturated carbocycles. The van der Waals surface area contributed by atoms with Gasteiger partial charge in [-0.15, -0.1) is 0 Å². The number of hydrogen-bond donors (Lipinski definition) is 1. The molecule has 0 aromatic heterocycles. The number of nitrogens with zero attached hydrogens (tertiary/aromatic N) is 1. The van der Waals surface area contributed by atoms with Gasteiger partial charge in [0.25, 0.3) is 0 Å². The molecule has 1 aromatic carbocycles. The van der Waals surface area contributed by atoms with E-state index in [9.17, 15) is 14.4 Å². The zero-order chi connectivity index (χ0) is 17.8. The maximum atomic E-state index is 12.9. The first-order valence-corrected chi connectivity index (χ1v) is 8.47. The Hall–Kier alpha value is -2.23. The molecule has 1 spiro atoms. The predicted molar refractivity (Wildman–Crippen MR) is 89.6 cm³/mol. The first-order chi connectivity index (χ1) is 12.0. The number of rotatable bonds is 4. The molecule has 1 N–H and O–H groups in total. The summed E-state index contributed by atoms with van der Waals surface area (Å²) >= 11 is 0. The molecule has 0 bridgehead atoms. The highest BCUT2D eigenvalue weighted by atomic mass is 19.1. The molecule has 3 rings (SSSR count). The van der Waals surface area contributed by atoms with Crippen molar-refractivity contribution >= 4 is 12.0 Å². The normalized spacial score (nSPS) is 21.3. The molecule has 132 valence electrons. The van der Waals surface area contributed by atoms with Crippen LogP contribution in [0.1, 0.15) is 37.7 Å². The van der Waals surface area contributed by atoms with Crippen molar-refractivity contribution in [3.05, 3.63) is 41.7 Å². The molecule has 1 aliphatic heterocycles. The summed E-state index contributed by atoms with van der Waals surface area (Å²) < 4.78 is 24.2. The summed E-state index contributed by atoms with van der Waals surface area (Å²) in [6, 6.07) is 8.28. The van der Waals surface area contributed by atoms with Crippen LogP contribution < -0.4 is 5.32 Å². The molecule has 1 saturated heterocycles. The second-order valence-electron chi connectivity index (χ2n) is 6.51. The average Bonchev–Trinajstić information content (AvgIpc) is 3.08. The number of benzene rings is 1. The maximum absolute atomic E-state index is 12.9. The highest BCUT2D eigenvalue weighted by molar-refractivity contribution is 5.79. The molecular formula is C19H21FN2O3. The van der Waals surface area contributed by atoms with Crippen LogP contribution in [0.25, 0.3) is 6.08 Å². The second kappa shape index (κ2) is 7.34. The number of carbonyl (C=O) groups excluding carboxylic acids is 1. The summed E-state index contributed by atoms with van der Waals surface area (Å²) in [5.41, 5.74) is -0.0409. The lowest BCUT2D eigenvalue weighted by Crippen LogP contribution is -2.53. The van der Waals surface area contributed by atoms with Crippen LogP contribution in [0.15, 0.2) is 30.3 Å². The number of carbonyl (C=O) groups is 1. The highest BCUT2D eigenvalue weighted by Gasteiger charge is 2.47. The van der Waals surface area contributed by atoms with Gasteiger partial charge in [-0.25, -0.2) is 4.39 Å².